The highest BCUT2D eigenvalue weighted by Crippen LogP contribution is 2.28. The third-order valence-corrected chi connectivity index (χ3v) is 4.08. The van der Waals surface area contributed by atoms with Gasteiger partial charge in [-0.1, -0.05) is 11.6 Å². The number of hydrogen-bond donors (Lipinski definition) is 1. The van der Waals surface area contributed by atoms with Crippen LogP contribution in [0.2, 0.25) is 5.02 Å². The molecule has 2 aromatic carbocycles. The molecule has 0 bridgehead atoms. The Hall–Kier alpha value is -1.99. The zero-order valence-corrected chi connectivity index (χ0v) is 12.8. The highest BCUT2D eigenvalue weighted by atomic mass is 79.9. The average Bonchev–Trinajstić information content (AvgIpc) is 2.93. The first-order valence-electron chi connectivity index (χ1n) is 5.85. The topological polar surface area (TPSA) is 69.6 Å². The van der Waals surface area contributed by atoms with Crippen LogP contribution in [0.4, 0.5) is 10.1 Å². The lowest BCUT2D eigenvalue weighted by Crippen LogP contribution is -2.01. The zero-order valence-electron chi connectivity index (χ0n) is 10.5. The van der Waals surface area contributed by atoms with E-state index in [1.807, 2.05) is 0 Å². The molecule has 0 spiro atoms. The Morgan fingerprint density at radius 2 is 2.00 bits per heavy atom. The van der Waals surface area contributed by atoms with E-state index < -0.39 is 5.82 Å². The van der Waals surface area contributed by atoms with Crippen molar-refractivity contribution >= 4 is 33.2 Å². The minimum Gasteiger partial charge on any atom is -0.399 e. The fourth-order valence-corrected chi connectivity index (χ4v) is 2.28. The smallest absolute Gasteiger partial charge is 0.190 e. The Kier molecular flexibility index (Phi) is 3.60. The summed E-state index contributed by atoms with van der Waals surface area (Å²) in [6.45, 7) is 0. The summed E-state index contributed by atoms with van der Waals surface area (Å²) in [6.07, 6.45) is 0. The minimum atomic E-state index is -0.455. The van der Waals surface area contributed by atoms with Crippen molar-refractivity contribution in [2.24, 2.45) is 0 Å². The summed E-state index contributed by atoms with van der Waals surface area (Å²) in [5.74, 6) is -0.207. The normalized spacial score (nSPS) is 10.8. The summed E-state index contributed by atoms with van der Waals surface area (Å²) in [6, 6.07) is 9.44. The molecule has 0 saturated heterocycles. The van der Waals surface area contributed by atoms with Gasteiger partial charge in [0.25, 0.3) is 0 Å². The molecule has 0 saturated carbocycles. The summed E-state index contributed by atoms with van der Waals surface area (Å²) in [7, 11) is 0. The maximum absolute atomic E-state index is 14.0. The lowest BCUT2D eigenvalue weighted by atomic mass is 10.1. The number of rotatable bonds is 2. The standard InChI is InChI=1S/C13H8BrClFN5/c14-10-3-2-8(6-11(10)15)21-13(18-19-20-21)9-5-7(17)1-4-12(9)16/h1-6H,17H2. The van der Waals surface area contributed by atoms with E-state index in [9.17, 15) is 4.39 Å². The molecule has 0 unspecified atom stereocenters. The third kappa shape index (κ3) is 2.62. The molecule has 106 valence electrons. The predicted molar refractivity (Wildman–Crippen MR) is 81.7 cm³/mol. The highest BCUT2D eigenvalue weighted by Gasteiger charge is 2.15. The van der Waals surface area contributed by atoms with Gasteiger partial charge in [-0.15, -0.1) is 5.10 Å². The van der Waals surface area contributed by atoms with Gasteiger partial charge in [-0.2, -0.15) is 4.68 Å². The first-order valence-corrected chi connectivity index (χ1v) is 7.02. The van der Waals surface area contributed by atoms with Crippen LogP contribution in [0.25, 0.3) is 17.1 Å². The monoisotopic (exact) mass is 367 g/mol. The Labute approximate surface area is 132 Å². The molecule has 3 aromatic rings. The van der Waals surface area contributed by atoms with Gasteiger partial charge in [-0.25, -0.2) is 4.39 Å². The Balaban J connectivity index is 2.17. The quantitative estimate of drug-likeness (QED) is 0.703. The van der Waals surface area contributed by atoms with Crippen LogP contribution in [0, 0.1) is 5.82 Å². The first-order chi connectivity index (χ1) is 10.1. The fourth-order valence-electron chi connectivity index (χ4n) is 1.86. The SMILES string of the molecule is Nc1ccc(F)c(-c2nnnn2-c2ccc(Br)c(Cl)c2)c1. The van der Waals surface area contributed by atoms with Crippen LogP contribution in [0.15, 0.2) is 40.9 Å². The second kappa shape index (κ2) is 5.42. The van der Waals surface area contributed by atoms with Gasteiger partial charge < -0.3 is 5.73 Å². The number of hydrogen-bond acceptors (Lipinski definition) is 4. The summed E-state index contributed by atoms with van der Waals surface area (Å²) in [5, 5.41) is 11.8. The van der Waals surface area contributed by atoms with E-state index >= 15 is 0 Å². The Morgan fingerprint density at radius 1 is 1.19 bits per heavy atom. The molecule has 0 aliphatic rings. The van der Waals surface area contributed by atoms with Crippen LogP contribution in [0.3, 0.4) is 0 Å². The fraction of sp³-hybridized carbons (Fsp3) is 0. The van der Waals surface area contributed by atoms with Crippen molar-refractivity contribution in [3.63, 3.8) is 0 Å². The van der Waals surface area contributed by atoms with Crippen molar-refractivity contribution in [3.05, 3.63) is 51.7 Å². The maximum Gasteiger partial charge on any atom is 0.190 e. The molecule has 0 atom stereocenters. The molecule has 21 heavy (non-hydrogen) atoms. The van der Waals surface area contributed by atoms with Crippen LogP contribution in [-0.4, -0.2) is 20.2 Å². The molecule has 0 aliphatic heterocycles. The molecule has 1 heterocycles. The number of nitrogens with two attached hydrogens (primary N) is 1. The van der Waals surface area contributed by atoms with Crippen LogP contribution in [-0.2, 0) is 0 Å². The lowest BCUT2D eigenvalue weighted by molar-refractivity contribution is 0.629. The summed E-state index contributed by atoms with van der Waals surface area (Å²) in [5.41, 5.74) is 6.96. The number of benzene rings is 2. The number of anilines is 1. The second-order valence-corrected chi connectivity index (χ2v) is 5.51. The highest BCUT2D eigenvalue weighted by molar-refractivity contribution is 9.10. The molecule has 5 nitrogen and oxygen atoms in total. The van der Waals surface area contributed by atoms with E-state index in [1.165, 1.54) is 22.9 Å². The molecule has 8 heteroatoms. The Bertz CT molecular complexity index is 820. The van der Waals surface area contributed by atoms with Crippen molar-refractivity contribution < 1.29 is 4.39 Å². The molecule has 3 rings (SSSR count). The van der Waals surface area contributed by atoms with Crippen LogP contribution in [0.1, 0.15) is 0 Å². The lowest BCUT2D eigenvalue weighted by Gasteiger charge is -2.07. The molecule has 0 fully saturated rings. The van der Waals surface area contributed by atoms with Crippen LogP contribution >= 0.6 is 27.5 Å². The molecular formula is C13H8BrClFN5. The average molecular weight is 369 g/mol. The van der Waals surface area contributed by atoms with Crippen molar-refractivity contribution in [3.8, 4) is 17.1 Å². The number of aromatic nitrogens is 4. The van der Waals surface area contributed by atoms with Gasteiger partial charge in [-0.05, 0) is 62.8 Å². The van der Waals surface area contributed by atoms with Gasteiger partial charge in [0.2, 0.25) is 0 Å². The van der Waals surface area contributed by atoms with Gasteiger partial charge in [0.15, 0.2) is 5.82 Å². The van der Waals surface area contributed by atoms with Gasteiger partial charge in [-0.3, -0.25) is 0 Å². The van der Waals surface area contributed by atoms with Crippen molar-refractivity contribution in [1.82, 2.24) is 20.2 Å². The van der Waals surface area contributed by atoms with Crippen molar-refractivity contribution in [2.45, 2.75) is 0 Å². The van der Waals surface area contributed by atoms with Crippen LogP contribution < -0.4 is 5.73 Å². The number of nitrogens with zero attached hydrogens (tertiary/aromatic N) is 4. The van der Waals surface area contributed by atoms with Gasteiger partial charge in [0, 0.05) is 10.2 Å². The van der Waals surface area contributed by atoms with Crippen molar-refractivity contribution in [2.75, 3.05) is 5.73 Å². The molecule has 0 radical (unpaired) electrons. The maximum atomic E-state index is 14.0. The van der Waals surface area contributed by atoms with Gasteiger partial charge in [0.05, 0.1) is 16.3 Å². The number of halogens is 3. The minimum absolute atomic E-state index is 0.221. The molecule has 0 amide bonds. The predicted octanol–water partition coefficient (Wildman–Crippen LogP) is 3.47. The van der Waals surface area contributed by atoms with Crippen LogP contribution in [0.5, 0.6) is 0 Å². The molecule has 2 N–H and O–H groups in total. The number of tetrazole rings is 1. The summed E-state index contributed by atoms with van der Waals surface area (Å²) < 4.78 is 16.1. The van der Waals surface area contributed by atoms with Crippen molar-refractivity contribution in [1.29, 1.82) is 0 Å². The Morgan fingerprint density at radius 3 is 2.76 bits per heavy atom. The first kappa shape index (κ1) is 14.0. The largest absolute Gasteiger partial charge is 0.399 e. The molecule has 0 aliphatic carbocycles. The number of nitrogen functional groups attached to an aromatic ring is 1. The summed E-state index contributed by atoms with van der Waals surface area (Å²) >= 11 is 9.37. The van der Waals surface area contributed by atoms with Gasteiger partial charge >= 0.3 is 0 Å². The van der Waals surface area contributed by atoms with E-state index in [0.29, 0.717) is 16.4 Å². The second-order valence-electron chi connectivity index (χ2n) is 4.25. The van der Waals surface area contributed by atoms with Gasteiger partial charge in [0.1, 0.15) is 5.82 Å². The molecular weight excluding hydrogens is 361 g/mol. The van der Waals surface area contributed by atoms with E-state index in [1.54, 1.807) is 18.2 Å². The van der Waals surface area contributed by atoms with E-state index in [2.05, 4.69) is 31.5 Å². The third-order valence-electron chi connectivity index (χ3n) is 2.85. The van der Waals surface area contributed by atoms with E-state index in [4.69, 9.17) is 17.3 Å². The van der Waals surface area contributed by atoms with E-state index in [0.717, 1.165) is 4.47 Å². The molecule has 1 aromatic heterocycles. The summed E-state index contributed by atoms with van der Waals surface area (Å²) in [4.78, 5) is 0. The van der Waals surface area contributed by atoms with E-state index in [-0.39, 0.29) is 11.4 Å². The zero-order chi connectivity index (χ0) is 15.0.